The average Bonchev–Trinajstić information content (AvgIpc) is 3.07. The highest BCUT2D eigenvalue weighted by Gasteiger charge is 2.44. The van der Waals surface area contributed by atoms with Crippen molar-refractivity contribution < 1.29 is 49.0 Å². The number of alkyl halides is 9. The van der Waals surface area contributed by atoms with Gasteiger partial charge in [-0.05, 0) is 67.3 Å². The molecule has 1 aliphatic heterocycles. The summed E-state index contributed by atoms with van der Waals surface area (Å²) in [4.78, 5) is 19.3. The highest BCUT2D eigenvalue weighted by Crippen LogP contribution is 2.50. The Labute approximate surface area is 282 Å². The minimum Gasteiger partial charge on any atom is -0.449 e. The molecule has 0 unspecified atom stereocenters. The maximum atomic E-state index is 14.2. The van der Waals surface area contributed by atoms with Gasteiger partial charge in [-0.1, -0.05) is 67.6 Å². The first kappa shape index (κ1) is 36.5. The number of fused-ring (bicyclic) bond motifs is 1. The predicted molar refractivity (Wildman–Crippen MR) is 170 cm³/mol. The van der Waals surface area contributed by atoms with E-state index in [0.717, 1.165) is 18.2 Å². The minimum atomic E-state index is -5.20. The Morgan fingerprint density at radius 2 is 1.26 bits per heavy atom. The fourth-order valence-electron chi connectivity index (χ4n) is 6.25. The molecule has 0 saturated heterocycles. The van der Waals surface area contributed by atoms with Crippen molar-refractivity contribution in [3.63, 3.8) is 0 Å². The maximum Gasteiger partial charge on any atom is 0.416 e. The molecule has 0 fully saturated rings. The molecule has 4 aromatic rings. The number of halogens is 9. The van der Waals surface area contributed by atoms with E-state index in [4.69, 9.17) is 9.73 Å². The summed E-state index contributed by atoms with van der Waals surface area (Å²) in [6.07, 6.45) is -16.1. The molecule has 0 aromatic heterocycles. The van der Waals surface area contributed by atoms with Gasteiger partial charge in [0.05, 0.1) is 40.7 Å². The molecule has 0 N–H and O–H groups in total. The molecular formula is C37H31F9N2O2. The monoisotopic (exact) mass is 706 g/mol. The second-order valence-corrected chi connectivity index (χ2v) is 11.7. The minimum absolute atomic E-state index is 0.00646. The first-order chi connectivity index (χ1) is 23.5. The van der Waals surface area contributed by atoms with Gasteiger partial charge in [-0.3, -0.25) is 9.89 Å². The van der Waals surface area contributed by atoms with E-state index in [1.54, 1.807) is 74.5 Å². The number of carbonyl (C=O) groups is 1. The van der Waals surface area contributed by atoms with Crippen molar-refractivity contribution in [2.24, 2.45) is 4.99 Å². The fraction of sp³-hybridized carbons (Fsp3) is 0.297. The number of hydrogen-bond donors (Lipinski definition) is 0. The summed E-state index contributed by atoms with van der Waals surface area (Å²) in [5.74, 6) is -1.23. The maximum absolute atomic E-state index is 14.2. The van der Waals surface area contributed by atoms with Crippen LogP contribution in [0.2, 0.25) is 0 Å². The van der Waals surface area contributed by atoms with E-state index in [1.165, 1.54) is 4.90 Å². The van der Waals surface area contributed by atoms with Gasteiger partial charge in [0.15, 0.2) is 0 Å². The van der Waals surface area contributed by atoms with Gasteiger partial charge in [0.2, 0.25) is 0 Å². The number of carbonyl (C=O) groups excluding carboxylic acids is 1. The Morgan fingerprint density at radius 3 is 1.72 bits per heavy atom. The number of amides is 1. The number of hydrogen-bond acceptors (Lipinski definition) is 3. The number of ether oxygens (including phenoxy) is 1. The lowest BCUT2D eigenvalue weighted by atomic mass is 9.77. The van der Waals surface area contributed by atoms with Gasteiger partial charge < -0.3 is 4.74 Å². The summed E-state index contributed by atoms with van der Waals surface area (Å²) in [5, 5.41) is 0. The highest BCUT2D eigenvalue weighted by molar-refractivity contribution is 6.13. The van der Waals surface area contributed by atoms with Crippen molar-refractivity contribution in [2.45, 2.75) is 63.2 Å². The second kappa shape index (κ2) is 14.2. The fourth-order valence-corrected chi connectivity index (χ4v) is 6.25. The van der Waals surface area contributed by atoms with Crippen LogP contribution in [0.25, 0.3) is 0 Å². The number of anilines is 1. The lowest BCUT2D eigenvalue weighted by molar-refractivity contribution is -0.143. The zero-order chi connectivity index (χ0) is 36.4. The molecule has 4 aromatic carbocycles. The molecule has 0 bridgehead atoms. The Kier molecular flexibility index (Phi) is 10.4. The smallest absolute Gasteiger partial charge is 0.416 e. The first-order valence-corrected chi connectivity index (χ1v) is 15.7. The summed E-state index contributed by atoms with van der Waals surface area (Å²) in [7, 11) is 0. The van der Waals surface area contributed by atoms with Crippen LogP contribution in [0.5, 0.6) is 0 Å². The molecule has 4 nitrogen and oxygen atoms in total. The molecule has 0 aliphatic carbocycles. The van der Waals surface area contributed by atoms with Gasteiger partial charge >= 0.3 is 24.6 Å². The summed E-state index contributed by atoms with van der Waals surface area (Å²) < 4.78 is 133. The van der Waals surface area contributed by atoms with E-state index in [9.17, 15) is 44.3 Å². The van der Waals surface area contributed by atoms with Crippen molar-refractivity contribution in [3.05, 3.63) is 136 Å². The molecule has 0 spiro atoms. The number of rotatable bonds is 7. The summed E-state index contributed by atoms with van der Waals surface area (Å²) in [6.45, 7) is 3.19. The predicted octanol–water partition coefficient (Wildman–Crippen LogP) is 11.3. The Hall–Kier alpha value is -4.81. The third-order valence-electron chi connectivity index (χ3n) is 8.54. The molecule has 1 heterocycles. The van der Waals surface area contributed by atoms with E-state index in [2.05, 4.69) is 0 Å². The highest BCUT2D eigenvalue weighted by atomic mass is 19.4. The molecule has 3 atom stereocenters. The average molecular weight is 707 g/mol. The largest absolute Gasteiger partial charge is 0.449 e. The number of aliphatic imine (C=N–C) groups is 1. The van der Waals surface area contributed by atoms with Crippen molar-refractivity contribution >= 4 is 17.5 Å². The van der Waals surface area contributed by atoms with Gasteiger partial charge in [0.25, 0.3) is 0 Å². The van der Waals surface area contributed by atoms with Crippen LogP contribution in [0.1, 0.15) is 77.6 Å². The third-order valence-corrected chi connectivity index (χ3v) is 8.54. The van der Waals surface area contributed by atoms with Crippen LogP contribution in [0.4, 0.5) is 50.0 Å². The SMILES string of the molecule is CCOC(=O)N1c2ccc(C(F)(F)F)cc2[C@@H]([C@@H](N=C(c2ccccc2)c2ccccc2)c2cc(C(F)(F)F)cc(C(F)(F)F)c2)C[C@H]1CC. The van der Waals surface area contributed by atoms with Gasteiger partial charge in [0, 0.05) is 23.1 Å². The van der Waals surface area contributed by atoms with Crippen LogP contribution in [0, 0.1) is 0 Å². The summed E-state index contributed by atoms with van der Waals surface area (Å²) in [6, 6.07) is 18.1. The van der Waals surface area contributed by atoms with E-state index in [-0.39, 0.29) is 42.5 Å². The number of nitrogens with zero attached hydrogens (tertiary/aromatic N) is 2. The van der Waals surface area contributed by atoms with Crippen LogP contribution in [0.3, 0.4) is 0 Å². The molecular weight excluding hydrogens is 675 g/mol. The molecule has 5 rings (SSSR count). The summed E-state index contributed by atoms with van der Waals surface area (Å²) >= 11 is 0. The van der Waals surface area contributed by atoms with Crippen LogP contribution >= 0.6 is 0 Å². The van der Waals surface area contributed by atoms with Crippen LogP contribution in [-0.2, 0) is 23.3 Å². The molecule has 1 aliphatic rings. The van der Waals surface area contributed by atoms with Crippen molar-refractivity contribution in [1.29, 1.82) is 0 Å². The quantitative estimate of drug-likeness (QED) is 0.142. The van der Waals surface area contributed by atoms with Crippen molar-refractivity contribution in [3.8, 4) is 0 Å². The van der Waals surface area contributed by atoms with Gasteiger partial charge in [-0.25, -0.2) is 4.79 Å². The van der Waals surface area contributed by atoms with E-state index >= 15 is 0 Å². The van der Waals surface area contributed by atoms with Gasteiger partial charge in [0.1, 0.15) is 0 Å². The van der Waals surface area contributed by atoms with Crippen LogP contribution in [0.15, 0.2) is 102 Å². The van der Waals surface area contributed by atoms with Crippen LogP contribution in [-0.4, -0.2) is 24.5 Å². The third kappa shape index (κ3) is 7.81. The lowest BCUT2D eigenvalue weighted by Crippen LogP contribution is -2.45. The van der Waals surface area contributed by atoms with Crippen molar-refractivity contribution in [1.82, 2.24) is 0 Å². The van der Waals surface area contributed by atoms with Gasteiger partial charge in [-0.2, -0.15) is 39.5 Å². The molecule has 1 amide bonds. The second-order valence-electron chi connectivity index (χ2n) is 11.7. The lowest BCUT2D eigenvalue weighted by Gasteiger charge is -2.42. The van der Waals surface area contributed by atoms with E-state index in [0.29, 0.717) is 23.3 Å². The van der Waals surface area contributed by atoms with Gasteiger partial charge in [-0.15, -0.1) is 0 Å². The van der Waals surface area contributed by atoms with Crippen molar-refractivity contribution in [2.75, 3.05) is 11.5 Å². The Bertz CT molecular complexity index is 1760. The Morgan fingerprint density at radius 1 is 0.740 bits per heavy atom. The Balaban J connectivity index is 1.89. The normalized spacial score (nSPS) is 17.1. The molecule has 50 heavy (non-hydrogen) atoms. The van der Waals surface area contributed by atoms with Crippen LogP contribution < -0.4 is 4.90 Å². The molecule has 264 valence electrons. The van der Waals surface area contributed by atoms with E-state index in [1.807, 2.05) is 0 Å². The molecule has 13 heteroatoms. The number of benzene rings is 4. The zero-order valence-corrected chi connectivity index (χ0v) is 26.7. The molecule has 0 radical (unpaired) electrons. The first-order valence-electron chi connectivity index (χ1n) is 15.7. The zero-order valence-electron chi connectivity index (χ0n) is 26.7. The van der Waals surface area contributed by atoms with E-state index < -0.39 is 64.9 Å². The standard InChI is InChI=1S/C37H31F9N2O2/c1-3-28-21-30(29-20-25(35(38,39)40)15-16-31(29)48(28)34(49)50-4-2)33(24-17-26(36(41,42)43)19-27(18-24)37(44,45)46)47-32(22-11-7-5-8-12-22)23-13-9-6-10-14-23/h5-20,28,30,33H,3-4,21H2,1-2H3/t28-,30+,33+/m1/s1. The molecule has 0 saturated carbocycles. The topological polar surface area (TPSA) is 41.9 Å². The summed E-state index contributed by atoms with van der Waals surface area (Å²) in [5.41, 5.74) is -3.83.